The van der Waals surface area contributed by atoms with E-state index in [0.717, 1.165) is 34.8 Å². The molecule has 1 N–H and O–H groups in total. The Morgan fingerprint density at radius 3 is 2.44 bits per heavy atom. The fourth-order valence-corrected chi connectivity index (χ4v) is 4.27. The van der Waals surface area contributed by atoms with E-state index < -0.39 is 0 Å². The van der Waals surface area contributed by atoms with Crippen molar-refractivity contribution in [2.45, 2.75) is 32.7 Å². The largest absolute Gasteiger partial charge is 0.378 e. The first-order valence-corrected chi connectivity index (χ1v) is 9.57. The van der Waals surface area contributed by atoms with Gasteiger partial charge in [0.25, 0.3) is 0 Å². The second-order valence-electron chi connectivity index (χ2n) is 8.69. The van der Waals surface area contributed by atoms with E-state index in [1.807, 2.05) is 38.4 Å². The second-order valence-corrected chi connectivity index (χ2v) is 8.69. The van der Waals surface area contributed by atoms with Crippen LogP contribution in [0.5, 0.6) is 0 Å². The smallest absolute Gasteiger partial charge is 0.144 e. The third kappa shape index (κ3) is 3.36. The van der Waals surface area contributed by atoms with Gasteiger partial charge < -0.3 is 10.2 Å². The number of fused-ring (bicyclic) bond motifs is 2. The predicted molar refractivity (Wildman–Crippen MR) is 112 cm³/mol. The lowest BCUT2D eigenvalue weighted by Crippen LogP contribution is -2.42. The monoisotopic (exact) mass is 361 g/mol. The summed E-state index contributed by atoms with van der Waals surface area (Å²) >= 11 is 0. The van der Waals surface area contributed by atoms with Gasteiger partial charge in [-0.3, -0.25) is 9.79 Å². The zero-order chi connectivity index (χ0) is 19.2. The molecule has 4 nitrogen and oxygen atoms in total. The van der Waals surface area contributed by atoms with Crippen molar-refractivity contribution in [3.8, 4) is 0 Å². The lowest BCUT2D eigenvalue weighted by atomic mass is 9.68. The zero-order valence-electron chi connectivity index (χ0n) is 16.5. The van der Waals surface area contributed by atoms with Gasteiger partial charge in [-0.05, 0) is 41.7 Å². The number of aliphatic imine (C=N–C) groups is 1. The fraction of sp³-hybridized carbons (Fsp3) is 0.391. The van der Waals surface area contributed by atoms with Gasteiger partial charge in [0.1, 0.15) is 5.78 Å². The number of rotatable bonds is 2. The Kier molecular flexibility index (Phi) is 4.29. The lowest BCUT2D eigenvalue weighted by molar-refractivity contribution is -0.124. The molecule has 0 radical (unpaired) electrons. The van der Waals surface area contributed by atoms with Crippen molar-refractivity contribution in [3.63, 3.8) is 0 Å². The average molecular weight is 361 g/mol. The molecule has 1 unspecified atom stereocenters. The molecule has 1 saturated carbocycles. The number of carbonyl (C=O) groups excluding carboxylic acids is 1. The molecule has 0 spiro atoms. The van der Waals surface area contributed by atoms with Gasteiger partial charge in [-0.25, -0.2) is 0 Å². The Bertz CT molecular complexity index is 896. The number of Topliss-reactive ketones (excluding diaryl/α,β-unsaturated/α-hetero) is 1. The number of para-hydroxylation sites is 2. The number of nitrogens with one attached hydrogen (secondary N) is 1. The van der Waals surface area contributed by atoms with Gasteiger partial charge in [-0.1, -0.05) is 38.1 Å². The molecule has 1 aliphatic heterocycles. The van der Waals surface area contributed by atoms with E-state index in [2.05, 4.69) is 48.3 Å². The standard InChI is InChI=1S/C23H27N3O/c1-23(2)13-19-21(20(27)14-23)22(15-9-11-16(12-10-15)26(3)4)25-18-8-6-5-7-17(18)24-19/h5-12,21-22,25H,13-14H2,1-4H3/t21?,22-/m0/s1. The van der Waals surface area contributed by atoms with Gasteiger partial charge in [0, 0.05) is 31.9 Å². The molecule has 0 amide bonds. The normalized spacial score (nSPS) is 23.4. The second kappa shape index (κ2) is 6.52. The molecule has 1 aliphatic carbocycles. The minimum atomic E-state index is -0.212. The third-order valence-corrected chi connectivity index (χ3v) is 5.60. The molecule has 2 aromatic carbocycles. The van der Waals surface area contributed by atoms with Crippen LogP contribution in [-0.2, 0) is 4.79 Å². The van der Waals surface area contributed by atoms with Gasteiger partial charge in [0.2, 0.25) is 0 Å². The maximum absolute atomic E-state index is 13.2. The van der Waals surface area contributed by atoms with Crippen molar-refractivity contribution in [2.75, 3.05) is 24.3 Å². The highest BCUT2D eigenvalue weighted by atomic mass is 16.1. The first kappa shape index (κ1) is 17.8. The van der Waals surface area contributed by atoms with E-state index in [9.17, 15) is 4.79 Å². The molecule has 2 atom stereocenters. The average Bonchev–Trinajstić information content (AvgIpc) is 2.77. The SMILES string of the molecule is CN(C)c1ccc([C@@H]2Nc3ccccc3N=C3CC(C)(C)CC(=O)C32)cc1. The molecule has 0 bridgehead atoms. The Morgan fingerprint density at radius 2 is 1.74 bits per heavy atom. The Hall–Kier alpha value is -2.62. The van der Waals surface area contributed by atoms with Crippen molar-refractivity contribution in [1.29, 1.82) is 0 Å². The van der Waals surface area contributed by atoms with Crippen LogP contribution in [0.3, 0.4) is 0 Å². The summed E-state index contributed by atoms with van der Waals surface area (Å²) in [6, 6.07) is 16.5. The van der Waals surface area contributed by atoms with Crippen molar-refractivity contribution < 1.29 is 4.79 Å². The predicted octanol–water partition coefficient (Wildman–Crippen LogP) is 5.00. The van der Waals surface area contributed by atoms with Gasteiger partial charge in [0.05, 0.1) is 23.3 Å². The van der Waals surface area contributed by atoms with Crippen molar-refractivity contribution in [2.24, 2.45) is 16.3 Å². The van der Waals surface area contributed by atoms with Crippen LogP contribution in [0.1, 0.15) is 38.3 Å². The molecule has 4 rings (SSSR count). The summed E-state index contributed by atoms with van der Waals surface area (Å²) in [6.45, 7) is 4.32. The molecule has 0 saturated heterocycles. The van der Waals surface area contributed by atoms with E-state index in [1.54, 1.807) is 0 Å². The van der Waals surface area contributed by atoms with E-state index in [4.69, 9.17) is 4.99 Å². The highest BCUT2D eigenvalue weighted by molar-refractivity contribution is 6.10. The molecule has 0 aromatic heterocycles. The molecule has 27 heavy (non-hydrogen) atoms. The molecular formula is C23H27N3O. The molecular weight excluding hydrogens is 334 g/mol. The van der Waals surface area contributed by atoms with Gasteiger partial charge in [-0.2, -0.15) is 0 Å². The third-order valence-electron chi connectivity index (χ3n) is 5.60. The summed E-state index contributed by atoms with van der Waals surface area (Å²) in [7, 11) is 4.07. The maximum atomic E-state index is 13.2. The van der Waals surface area contributed by atoms with Crippen LogP contribution < -0.4 is 10.2 Å². The maximum Gasteiger partial charge on any atom is 0.144 e. The number of hydrogen-bond acceptors (Lipinski definition) is 4. The summed E-state index contributed by atoms with van der Waals surface area (Å²) in [6.07, 6.45) is 1.45. The molecule has 1 fully saturated rings. The summed E-state index contributed by atoms with van der Waals surface area (Å²) in [5, 5.41) is 3.63. The minimum absolute atomic E-state index is 0.0367. The Balaban J connectivity index is 1.81. The molecule has 2 aliphatic rings. The number of anilines is 2. The number of hydrogen-bond donors (Lipinski definition) is 1. The molecule has 2 aromatic rings. The van der Waals surface area contributed by atoms with Crippen LogP contribution in [0.15, 0.2) is 53.5 Å². The quantitative estimate of drug-likeness (QED) is 0.819. The van der Waals surface area contributed by atoms with Gasteiger partial charge in [0.15, 0.2) is 0 Å². The van der Waals surface area contributed by atoms with Crippen molar-refractivity contribution in [1.82, 2.24) is 0 Å². The van der Waals surface area contributed by atoms with Crippen LogP contribution in [-0.4, -0.2) is 25.6 Å². The van der Waals surface area contributed by atoms with E-state index in [0.29, 0.717) is 6.42 Å². The first-order chi connectivity index (χ1) is 12.8. The van der Waals surface area contributed by atoms with Gasteiger partial charge >= 0.3 is 0 Å². The first-order valence-electron chi connectivity index (χ1n) is 9.57. The van der Waals surface area contributed by atoms with Crippen LogP contribution in [0.2, 0.25) is 0 Å². The lowest BCUT2D eigenvalue weighted by Gasteiger charge is -2.37. The minimum Gasteiger partial charge on any atom is -0.378 e. The topological polar surface area (TPSA) is 44.7 Å². The van der Waals surface area contributed by atoms with Crippen LogP contribution in [0, 0.1) is 11.3 Å². The fourth-order valence-electron chi connectivity index (χ4n) is 4.27. The highest BCUT2D eigenvalue weighted by Gasteiger charge is 2.43. The molecule has 140 valence electrons. The Morgan fingerprint density at radius 1 is 1.04 bits per heavy atom. The van der Waals surface area contributed by atoms with Crippen molar-refractivity contribution >= 4 is 28.6 Å². The highest BCUT2D eigenvalue weighted by Crippen LogP contribution is 2.45. The van der Waals surface area contributed by atoms with E-state index in [1.165, 1.54) is 0 Å². The number of carbonyl (C=O) groups is 1. The molecule has 1 heterocycles. The van der Waals surface area contributed by atoms with Gasteiger partial charge in [-0.15, -0.1) is 0 Å². The number of ketones is 1. The van der Waals surface area contributed by atoms with Crippen LogP contribution in [0.25, 0.3) is 0 Å². The summed E-state index contributed by atoms with van der Waals surface area (Å²) in [4.78, 5) is 20.2. The van der Waals surface area contributed by atoms with E-state index in [-0.39, 0.29) is 23.2 Å². The zero-order valence-corrected chi connectivity index (χ0v) is 16.5. The van der Waals surface area contributed by atoms with Crippen molar-refractivity contribution in [3.05, 3.63) is 54.1 Å². The van der Waals surface area contributed by atoms with E-state index >= 15 is 0 Å². The van der Waals surface area contributed by atoms with Crippen LogP contribution in [0.4, 0.5) is 17.1 Å². The summed E-state index contributed by atoms with van der Waals surface area (Å²) < 4.78 is 0. The number of nitrogens with zero attached hydrogens (tertiary/aromatic N) is 2. The number of benzene rings is 2. The summed E-state index contributed by atoms with van der Waals surface area (Å²) in [5.41, 5.74) is 5.17. The molecule has 4 heteroatoms. The summed E-state index contributed by atoms with van der Waals surface area (Å²) in [5.74, 6) is 0.0719. The Labute approximate surface area is 161 Å². The van der Waals surface area contributed by atoms with Crippen LogP contribution >= 0.6 is 0 Å².